The average Bonchev–Trinajstić information content (AvgIpc) is 3.50. The molecule has 1 N–H and O–H groups in total. The number of hydrogen-bond acceptors (Lipinski definition) is 3. The summed E-state index contributed by atoms with van der Waals surface area (Å²) in [5.41, 5.74) is 3.15. The number of aliphatic carboxylic acids is 1. The zero-order valence-corrected chi connectivity index (χ0v) is 20.0. The van der Waals surface area contributed by atoms with E-state index in [-0.39, 0.29) is 11.9 Å². The van der Waals surface area contributed by atoms with Crippen LogP contribution in [0.1, 0.15) is 41.4 Å². The van der Waals surface area contributed by atoms with Crippen LogP contribution in [0.25, 0.3) is 0 Å². The second kappa shape index (κ2) is 10.0. The normalized spacial score (nSPS) is 23.6. The molecule has 1 amide bonds. The molecule has 3 aromatic rings. The maximum atomic E-state index is 13.9. The molecular weight excluding hydrogens is 436 g/mol. The van der Waals surface area contributed by atoms with Crippen LogP contribution in [0, 0.1) is 5.92 Å². The van der Waals surface area contributed by atoms with Crippen molar-refractivity contribution in [3.63, 3.8) is 0 Å². The number of benzene rings is 3. The van der Waals surface area contributed by atoms with Gasteiger partial charge in [-0.3, -0.25) is 4.79 Å². The Balaban J connectivity index is 1.33. The molecule has 3 aromatic carbocycles. The smallest absolute Gasteiger partial charge is 0.326 e. The number of carboxylic acid groups (broad SMARTS) is 1. The second-order valence-corrected chi connectivity index (χ2v) is 9.94. The molecule has 1 heterocycles. The summed E-state index contributed by atoms with van der Waals surface area (Å²) in [6.45, 7) is 1.35. The molecule has 0 aromatic heterocycles. The fraction of sp³-hybridized carbons (Fsp3) is 0.333. The zero-order chi connectivity index (χ0) is 24.4. The van der Waals surface area contributed by atoms with E-state index in [2.05, 4.69) is 36.2 Å². The minimum Gasteiger partial charge on any atom is -0.480 e. The molecule has 0 radical (unpaired) electrons. The Bertz CT molecular complexity index is 1110. The van der Waals surface area contributed by atoms with E-state index in [9.17, 15) is 14.7 Å². The lowest BCUT2D eigenvalue weighted by Crippen LogP contribution is -2.44. The summed E-state index contributed by atoms with van der Waals surface area (Å²) < 4.78 is 0. The Hall–Kier alpha value is -3.44. The van der Waals surface area contributed by atoms with Gasteiger partial charge >= 0.3 is 5.97 Å². The minimum absolute atomic E-state index is 0.0317. The van der Waals surface area contributed by atoms with Crippen molar-refractivity contribution in [1.29, 1.82) is 0 Å². The van der Waals surface area contributed by atoms with Crippen LogP contribution in [0.4, 0.5) is 0 Å². The predicted octanol–water partition coefficient (Wildman–Crippen LogP) is 4.61. The lowest BCUT2D eigenvalue weighted by atomic mass is 9.90. The third-order valence-corrected chi connectivity index (χ3v) is 7.66. The summed E-state index contributed by atoms with van der Waals surface area (Å²) in [6.07, 6.45) is 1.62. The second-order valence-electron chi connectivity index (χ2n) is 9.94. The van der Waals surface area contributed by atoms with Crippen LogP contribution in [0.5, 0.6) is 0 Å². The molecule has 1 saturated heterocycles. The number of carboxylic acids is 1. The Morgan fingerprint density at radius 1 is 0.886 bits per heavy atom. The Morgan fingerprint density at radius 2 is 1.43 bits per heavy atom. The molecule has 1 saturated carbocycles. The fourth-order valence-corrected chi connectivity index (χ4v) is 5.62. The minimum atomic E-state index is -0.928. The van der Waals surface area contributed by atoms with Crippen molar-refractivity contribution in [2.24, 2.45) is 5.92 Å². The van der Waals surface area contributed by atoms with Gasteiger partial charge in [0.15, 0.2) is 0 Å². The Morgan fingerprint density at radius 3 is 1.97 bits per heavy atom. The Kier molecular flexibility index (Phi) is 6.69. The van der Waals surface area contributed by atoms with Crippen molar-refractivity contribution < 1.29 is 14.7 Å². The van der Waals surface area contributed by atoms with Crippen LogP contribution < -0.4 is 0 Å². The predicted molar refractivity (Wildman–Crippen MR) is 136 cm³/mol. The van der Waals surface area contributed by atoms with Crippen molar-refractivity contribution >= 4 is 11.9 Å². The summed E-state index contributed by atoms with van der Waals surface area (Å²) in [5, 5.41) is 10.0. The maximum absolute atomic E-state index is 13.9. The van der Waals surface area contributed by atoms with Gasteiger partial charge in [0.1, 0.15) is 6.04 Å². The molecule has 5 nitrogen and oxygen atoms in total. The quantitative estimate of drug-likeness (QED) is 0.525. The zero-order valence-electron chi connectivity index (χ0n) is 20.0. The van der Waals surface area contributed by atoms with Crippen molar-refractivity contribution in [2.45, 2.75) is 36.8 Å². The van der Waals surface area contributed by atoms with E-state index in [0.717, 1.165) is 24.1 Å². The van der Waals surface area contributed by atoms with E-state index in [1.165, 1.54) is 5.56 Å². The number of hydrogen-bond donors (Lipinski definition) is 1. The van der Waals surface area contributed by atoms with E-state index in [1.807, 2.05) is 66.7 Å². The number of amides is 1. The number of carbonyl (C=O) groups excluding carboxylic acids is 1. The summed E-state index contributed by atoms with van der Waals surface area (Å²) in [4.78, 5) is 30.1. The molecule has 2 fully saturated rings. The van der Waals surface area contributed by atoms with E-state index in [4.69, 9.17) is 0 Å². The molecule has 5 rings (SSSR count). The van der Waals surface area contributed by atoms with Crippen LogP contribution >= 0.6 is 0 Å². The van der Waals surface area contributed by atoms with Gasteiger partial charge in [0, 0.05) is 19.1 Å². The van der Waals surface area contributed by atoms with Gasteiger partial charge in [-0.15, -0.1) is 0 Å². The molecule has 180 valence electrons. The molecule has 0 unspecified atom stereocenters. The number of carbonyl (C=O) groups is 2. The SMILES string of the molecule is CN(C[C@@H]1C[C@H]1c1ccccc1)[C@H]1C[C@@H](C(=O)O)N(C(=O)C(c2ccccc2)c2ccccc2)C1. The summed E-state index contributed by atoms with van der Waals surface area (Å²) in [5.74, 6) is -0.429. The standard InChI is InChI=1S/C30H32N2O3/c1-31(19-24-17-26(24)21-11-5-2-6-12-21)25-18-27(30(34)35)32(20-25)29(33)28(22-13-7-3-8-14-22)23-15-9-4-10-16-23/h2-16,24-28H,17-20H2,1H3,(H,34,35)/t24-,25-,26-,27-/m0/s1. The third-order valence-electron chi connectivity index (χ3n) is 7.66. The van der Waals surface area contributed by atoms with Crippen LogP contribution in [0.15, 0.2) is 91.0 Å². The van der Waals surface area contributed by atoms with Gasteiger partial charge in [0.05, 0.1) is 5.92 Å². The third kappa shape index (κ3) is 5.01. The largest absolute Gasteiger partial charge is 0.480 e. The number of likely N-dealkylation sites (tertiary alicyclic amines) is 1. The molecule has 2 aliphatic rings. The lowest BCUT2D eigenvalue weighted by Gasteiger charge is -2.28. The summed E-state index contributed by atoms with van der Waals surface area (Å²) >= 11 is 0. The number of rotatable bonds is 8. The van der Waals surface area contributed by atoms with E-state index >= 15 is 0 Å². The average molecular weight is 469 g/mol. The van der Waals surface area contributed by atoms with Crippen molar-refractivity contribution in [3.05, 3.63) is 108 Å². The molecule has 1 aliphatic carbocycles. The van der Waals surface area contributed by atoms with Gasteiger partial charge in [-0.1, -0.05) is 91.0 Å². The molecule has 0 bridgehead atoms. The first-order valence-corrected chi connectivity index (χ1v) is 12.4. The highest BCUT2D eigenvalue weighted by molar-refractivity contribution is 5.91. The van der Waals surface area contributed by atoms with Crippen molar-refractivity contribution in [2.75, 3.05) is 20.1 Å². The number of nitrogens with zero attached hydrogens (tertiary/aromatic N) is 2. The van der Waals surface area contributed by atoms with E-state index < -0.39 is 17.9 Å². The highest BCUT2D eigenvalue weighted by Gasteiger charge is 2.45. The summed E-state index contributed by atoms with van der Waals surface area (Å²) in [7, 11) is 2.07. The molecule has 0 spiro atoms. The molecule has 5 heteroatoms. The molecule has 1 aliphatic heterocycles. The lowest BCUT2D eigenvalue weighted by molar-refractivity contribution is -0.148. The highest BCUT2D eigenvalue weighted by Crippen LogP contribution is 2.48. The van der Waals surface area contributed by atoms with Gasteiger partial charge in [0.2, 0.25) is 5.91 Å². The van der Waals surface area contributed by atoms with Crippen LogP contribution in [-0.4, -0.2) is 59.0 Å². The van der Waals surface area contributed by atoms with Gasteiger partial charge in [-0.2, -0.15) is 0 Å². The maximum Gasteiger partial charge on any atom is 0.326 e. The first kappa shape index (κ1) is 23.3. The van der Waals surface area contributed by atoms with Crippen LogP contribution in [0.3, 0.4) is 0 Å². The van der Waals surface area contributed by atoms with Gasteiger partial charge in [0.25, 0.3) is 0 Å². The van der Waals surface area contributed by atoms with Gasteiger partial charge in [-0.25, -0.2) is 4.79 Å². The van der Waals surface area contributed by atoms with E-state index in [0.29, 0.717) is 24.8 Å². The van der Waals surface area contributed by atoms with Crippen molar-refractivity contribution in [3.8, 4) is 0 Å². The van der Waals surface area contributed by atoms with Crippen LogP contribution in [-0.2, 0) is 9.59 Å². The van der Waals surface area contributed by atoms with Crippen LogP contribution in [0.2, 0.25) is 0 Å². The van der Waals surface area contributed by atoms with E-state index in [1.54, 1.807) is 4.90 Å². The molecule has 4 atom stereocenters. The topological polar surface area (TPSA) is 60.9 Å². The number of likely N-dealkylation sites (N-methyl/N-ethyl adjacent to an activating group) is 1. The molecular formula is C30H32N2O3. The summed E-state index contributed by atoms with van der Waals surface area (Å²) in [6, 6.07) is 29.1. The Labute approximate surface area is 207 Å². The van der Waals surface area contributed by atoms with Gasteiger partial charge in [-0.05, 0) is 48.4 Å². The van der Waals surface area contributed by atoms with Gasteiger partial charge < -0.3 is 14.9 Å². The highest BCUT2D eigenvalue weighted by atomic mass is 16.4. The van der Waals surface area contributed by atoms with Crippen molar-refractivity contribution in [1.82, 2.24) is 9.80 Å². The first-order valence-electron chi connectivity index (χ1n) is 12.4. The molecule has 35 heavy (non-hydrogen) atoms. The monoisotopic (exact) mass is 468 g/mol. The fourth-order valence-electron chi connectivity index (χ4n) is 5.62. The first-order chi connectivity index (χ1) is 17.0.